The molecular formula is C10H10N2O7. The first kappa shape index (κ1) is 14.4. The van der Waals surface area contributed by atoms with Gasteiger partial charge in [0.2, 0.25) is 0 Å². The summed E-state index contributed by atoms with van der Waals surface area (Å²) in [6.45, 7) is 1.71. The maximum absolute atomic E-state index is 11.2. The number of nitrogens with zero attached hydrogens (tertiary/aromatic N) is 2. The van der Waals surface area contributed by atoms with Crippen LogP contribution in [0.25, 0.3) is 0 Å². The molecule has 1 aromatic rings. The summed E-state index contributed by atoms with van der Waals surface area (Å²) in [6.07, 6.45) is -0.351. The molecule has 0 radical (unpaired) electrons. The molecule has 1 rings (SSSR count). The fourth-order valence-corrected chi connectivity index (χ4v) is 1.42. The Morgan fingerprint density at radius 2 is 1.74 bits per heavy atom. The van der Waals surface area contributed by atoms with Gasteiger partial charge in [-0.1, -0.05) is 0 Å². The van der Waals surface area contributed by atoms with Crippen molar-refractivity contribution in [2.75, 3.05) is 6.61 Å². The molecule has 0 aromatic heterocycles. The lowest BCUT2D eigenvalue weighted by molar-refractivity contribution is -0.396. The molecule has 0 saturated heterocycles. The van der Waals surface area contributed by atoms with E-state index in [-0.39, 0.29) is 18.6 Å². The van der Waals surface area contributed by atoms with Crippen molar-refractivity contribution in [3.05, 3.63) is 37.9 Å². The fraction of sp³-hybridized carbons (Fsp3) is 0.300. The van der Waals surface area contributed by atoms with Gasteiger partial charge in [-0.15, -0.1) is 0 Å². The minimum Gasteiger partial charge on any atom is -0.497 e. The molecule has 0 unspecified atom stereocenters. The van der Waals surface area contributed by atoms with E-state index in [0.29, 0.717) is 0 Å². The number of benzene rings is 1. The molecule has 0 spiro atoms. The first-order valence-electron chi connectivity index (χ1n) is 5.17. The summed E-state index contributed by atoms with van der Waals surface area (Å²) in [5.41, 5.74) is -1.63. The second-order valence-corrected chi connectivity index (χ2v) is 3.48. The minimum atomic E-state index is -1.04. The number of carbonyl (C=O) groups excluding carboxylic acids is 1. The lowest BCUT2D eigenvalue weighted by Gasteiger charge is -2.04. The van der Waals surface area contributed by atoms with E-state index in [4.69, 9.17) is 0 Å². The van der Waals surface area contributed by atoms with E-state index < -0.39 is 32.9 Å². The first-order valence-corrected chi connectivity index (χ1v) is 5.17. The molecule has 0 aliphatic carbocycles. The number of nitro groups is 2. The second kappa shape index (κ2) is 5.76. The molecule has 9 heteroatoms. The van der Waals surface area contributed by atoms with Crippen molar-refractivity contribution < 1.29 is 24.5 Å². The summed E-state index contributed by atoms with van der Waals surface area (Å²) in [7, 11) is 0. The number of rotatable bonds is 5. The van der Waals surface area contributed by atoms with Gasteiger partial charge in [0.1, 0.15) is 0 Å². The molecule has 19 heavy (non-hydrogen) atoms. The maximum Gasteiger partial charge on any atom is 0.318 e. The van der Waals surface area contributed by atoms with Crippen molar-refractivity contribution >= 4 is 17.3 Å². The number of aromatic hydroxyl groups is 1. The van der Waals surface area contributed by atoms with E-state index in [1.807, 2.05) is 0 Å². The van der Waals surface area contributed by atoms with Crippen LogP contribution in [0, 0.1) is 20.2 Å². The zero-order valence-corrected chi connectivity index (χ0v) is 9.86. The predicted molar refractivity (Wildman–Crippen MR) is 61.8 cm³/mol. The number of ether oxygens (including phenoxy) is 1. The Hall–Kier alpha value is -2.71. The summed E-state index contributed by atoms with van der Waals surface area (Å²) in [5.74, 6) is -1.71. The quantitative estimate of drug-likeness (QED) is 0.484. The molecule has 1 aromatic carbocycles. The van der Waals surface area contributed by atoms with E-state index in [1.54, 1.807) is 6.92 Å². The summed E-state index contributed by atoms with van der Waals surface area (Å²) >= 11 is 0. The van der Waals surface area contributed by atoms with Gasteiger partial charge in [0.15, 0.2) is 0 Å². The number of esters is 1. The smallest absolute Gasteiger partial charge is 0.318 e. The largest absolute Gasteiger partial charge is 0.497 e. The van der Waals surface area contributed by atoms with Gasteiger partial charge in [-0.3, -0.25) is 25.0 Å². The summed E-state index contributed by atoms with van der Waals surface area (Å²) in [6, 6.07) is 1.80. The van der Waals surface area contributed by atoms with Crippen molar-refractivity contribution in [1.82, 2.24) is 0 Å². The molecule has 0 aliphatic heterocycles. The molecule has 102 valence electrons. The zero-order valence-electron chi connectivity index (χ0n) is 9.86. The maximum atomic E-state index is 11.2. The van der Waals surface area contributed by atoms with Gasteiger partial charge in [0.25, 0.3) is 5.75 Å². The van der Waals surface area contributed by atoms with E-state index in [9.17, 15) is 30.1 Å². The van der Waals surface area contributed by atoms with Gasteiger partial charge in [-0.25, -0.2) is 0 Å². The zero-order chi connectivity index (χ0) is 14.6. The highest BCUT2D eigenvalue weighted by Crippen LogP contribution is 2.36. The van der Waals surface area contributed by atoms with Crippen LogP contribution in [0.3, 0.4) is 0 Å². The third-order valence-corrected chi connectivity index (χ3v) is 2.18. The van der Waals surface area contributed by atoms with E-state index in [0.717, 1.165) is 12.1 Å². The predicted octanol–water partition coefficient (Wildman–Crippen LogP) is 1.31. The molecule has 0 fully saturated rings. The number of hydrogen-bond acceptors (Lipinski definition) is 7. The number of carbonyl (C=O) groups is 1. The topological polar surface area (TPSA) is 133 Å². The Bertz CT molecular complexity index is 506. The molecule has 0 aliphatic rings. The lowest BCUT2D eigenvalue weighted by Crippen LogP contribution is -2.08. The van der Waals surface area contributed by atoms with Gasteiger partial charge >= 0.3 is 17.3 Å². The third-order valence-electron chi connectivity index (χ3n) is 2.18. The van der Waals surface area contributed by atoms with Crippen LogP contribution in [0.5, 0.6) is 5.75 Å². The number of hydrogen-bond donors (Lipinski definition) is 1. The monoisotopic (exact) mass is 270 g/mol. The number of nitro benzene ring substituents is 2. The fourth-order valence-electron chi connectivity index (χ4n) is 1.42. The molecule has 0 atom stereocenters. The summed E-state index contributed by atoms with van der Waals surface area (Å²) in [5, 5.41) is 30.7. The van der Waals surface area contributed by atoms with Gasteiger partial charge in [0, 0.05) is 12.1 Å². The van der Waals surface area contributed by atoms with Crippen LogP contribution in [-0.2, 0) is 16.0 Å². The molecule has 0 bridgehead atoms. The molecule has 0 saturated carbocycles. The standard InChI is InChI=1S/C10H10N2O7/c1-2-19-9(13)5-6-3-7(11(15)16)10(14)8(4-6)12(17)18/h3-4,14H,2,5H2,1H3. The van der Waals surface area contributed by atoms with Crippen molar-refractivity contribution in [1.29, 1.82) is 0 Å². The average Bonchev–Trinajstić information content (AvgIpc) is 2.30. The highest BCUT2D eigenvalue weighted by atomic mass is 16.6. The second-order valence-electron chi connectivity index (χ2n) is 3.48. The summed E-state index contributed by atoms with van der Waals surface area (Å²) in [4.78, 5) is 30.6. The molecule has 1 N–H and O–H groups in total. The number of phenolic OH excluding ortho intramolecular Hbond substituents is 1. The van der Waals surface area contributed by atoms with Crippen LogP contribution >= 0.6 is 0 Å². The van der Waals surface area contributed by atoms with Crippen LogP contribution in [0.15, 0.2) is 12.1 Å². The SMILES string of the molecule is CCOC(=O)Cc1cc([N+](=O)[O-])c(O)c([N+](=O)[O-])c1. The van der Waals surface area contributed by atoms with Gasteiger partial charge in [-0.2, -0.15) is 0 Å². The molecule has 9 nitrogen and oxygen atoms in total. The van der Waals surface area contributed by atoms with Crippen LogP contribution in [0.2, 0.25) is 0 Å². The van der Waals surface area contributed by atoms with Crippen molar-refractivity contribution in [3.63, 3.8) is 0 Å². The highest BCUT2D eigenvalue weighted by Gasteiger charge is 2.26. The third kappa shape index (κ3) is 3.37. The van der Waals surface area contributed by atoms with Crippen LogP contribution in [0.1, 0.15) is 12.5 Å². The Labute approximate surface area is 106 Å². The minimum absolute atomic E-state index is 0.0228. The normalized spacial score (nSPS) is 9.95. The van der Waals surface area contributed by atoms with Crippen LogP contribution in [-0.4, -0.2) is 27.5 Å². The van der Waals surface area contributed by atoms with Gasteiger partial charge < -0.3 is 9.84 Å². The van der Waals surface area contributed by atoms with E-state index >= 15 is 0 Å². The first-order chi connectivity index (χ1) is 8.86. The van der Waals surface area contributed by atoms with Gasteiger partial charge in [-0.05, 0) is 12.5 Å². The van der Waals surface area contributed by atoms with Crippen molar-refractivity contribution in [2.24, 2.45) is 0 Å². The van der Waals surface area contributed by atoms with Crippen molar-refractivity contribution in [2.45, 2.75) is 13.3 Å². The Kier molecular flexibility index (Phi) is 4.35. The lowest BCUT2D eigenvalue weighted by atomic mass is 10.1. The molecular weight excluding hydrogens is 260 g/mol. The average molecular weight is 270 g/mol. The van der Waals surface area contributed by atoms with E-state index in [2.05, 4.69) is 4.74 Å². The number of phenols is 1. The molecule has 0 amide bonds. The summed E-state index contributed by atoms with van der Waals surface area (Å²) < 4.78 is 4.64. The van der Waals surface area contributed by atoms with Gasteiger partial charge in [0.05, 0.1) is 22.9 Å². The highest BCUT2D eigenvalue weighted by molar-refractivity contribution is 5.74. The van der Waals surface area contributed by atoms with Crippen molar-refractivity contribution in [3.8, 4) is 5.75 Å². The van der Waals surface area contributed by atoms with E-state index in [1.165, 1.54) is 0 Å². The Morgan fingerprint density at radius 1 is 1.26 bits per heavy atom. The Balaban J connectivity index is 3.23. The Morgan fingerprint density at radius 3 is 2.11 bits per heavy atom. The van der Waals surface area contributed by atoms with Crippen LogP contribution in [0.4, 0.5) is 11.4 Å². The molecule has 0 heterocycles. The van der Waals surface area contributed by atoms with Crippen LogP contribution < -0.4 is 0 Å².